The number of hydrogen-bond acceptors (Lipinski definition) is 2. The Bertz CT molecular complexity index is 769. The lowest BCUT2D eigenvalue weighted by atomic mass is 9.96. The minimum Gasteiger partial charge on any atom is -0.342 e. The lowest BCUT2D eigenvalue weighted by molar-refractivity contribution is -0.133. The summed E-state index contributed by atoms with van der Waals surface area (Å²) in [5.41, 5.74) is 3.08. The monoisotopic (exact) mass is 364 g/mol. The number of likely N-dealkylation sites (tertiary alicyclic amines) is 1. The Balaban J connectivity index is 1.56. The van der Waals surface area contributed by atoms with Crippen molar-refractivity contribution in [3.05, 3.63) is 65.7 Å². The fraction of sp³-hybridized carbons (Fsp3) is 0.391. The Morgan fingerprint density at radius 3 is 2.44 bits per heavy atom. The Morgan fingerprint density at radius 2 is 1.78 bits per heavy atom. The predicted octanol–water partition coefficient (Wildman–Crippen LogP) is 4.23. The Labute approximate surface area is 161 Å². The molecule has 1 unspecified atom stereocenters. The number of nitrogens with zero attached hydrogens (tertiary/aromatic N) is 1. The molecule has 3 rings (SSSR count). The molecule has 0 aromatic heterocycles. The first kappa shape index (κ1) is 19.2. The van der Waals surface area contributed by atoms with E-state index in [0.29, 0.717) is 18.9 Å². The van der Waals surface area contributed by atoms with E-state index in [1.54, 1.807) is 0 Å². The van der Waals surface area contributed by atoms with Crippen LogP contribution in [0.5, 0.6) is 0 Å². The van der Waals surface area contributed by atoms with E-state index in [1.165, 1.54) is 5.56 Å². The number of carbonyl (C=O) groups is 2. The molecule has 0 radical (unpaired) electrons. The summed E-state index contributed by atoms with van der Waals surface area (Å²) < 4.78 is 0. The molecule has 4 nitrogen and oxygen atoms in total. The maximum absolute atomic E-state index is 12.7. The molecular weight excluding hydrogens is 336 g/mol. The minimum absolute atomic E-state index is 0.00417. The standard InChI is InChI=1S/C23H28N2O2/c1-17(2)19-10-12-21(13-11-19)24-23(27)20-9-6-14-25(16-20)22(26)15-18-7-4-3-5-8-18/h3-5,7-8,10-13,17,20H,6,9,14-16H2,1-2H3,(H,24,27). The Morgan fingerprint density at radius 1 is 1.07 bits per heavy atom. The fourth-order valence-corrected chi connectivity index (χ4v) is 3.50. The summed E-state index contributed by atoms with van der Waals surface area (Å²) in [5.74, 6) is 0.421. The van der Waals surface area contributed by atoms with Crippen LogP contribution in [-0.2, 0) is 16.0 Å². The molecule has 27 heavy (non-hydrogen) atoms. The van der Waals surface area contributed by atoms with Crippen molar-refractivity contribution in [1.82, 2.24) is 4.90 Å². The van der Waals surface area contributed by atoms with E-state index in [9.17, 15) is 9.59 Å². The number of piperidine rings is 1. The smallest absolute Gasteiger partial charge is 0.229 e. The van der Waals surface area contributed by atoms with Gasteiger partial charge in [0.1, 0.15) is 0 Å². The van der Waals surface area contributed by atoms with Crippen molar-refractivity contribution >= 4 is 17.5 Å². The normalized spacial score (nSPS) is 17.0. The second-order valence-corrected chi connectivity index (χ2v) is 7.61. The molecule has 1 fully saturated rings. The molecule has 0 spiro atoms. The van der Waals surface area contributed by atoms with E-state index in [4.69, 9.17) is 0 Å². The second kappa shape index (κ2) is 8.85. The minimum atomic E-state index is -0.150. The third kappa shape index (κ3) is 5.19. The number of nitrogens with one attached hydrogen (secondary N) is 1. The summed E-state index contributed by atoms with van der Waals surface area (Å²) in [6.45, 7) is 5.54. The molecule has 0 saturated carbocycles. The SMILES string of the molecule is CC(C)c1ccc(NC(=O)C2CCCN(C(=O)Cc3ccccc3)C2)cc1. The van der Waals surface area contributed by atoms with E-state index < -0.39 is 0 Å². The first-order valence-electron chi connectivity index (χ1n) is 9.75. The van der Waals surface area contributed by atoms with Gasteiger partial charge in [0.05, 0.1) is 12.3 Å². The van der Waals surface area contributed by atoms with Gasteiger partial charge in [-0.15, -0.1) is 0 Å². The van der Waals surface area contributed by atoms with Gasteiger partial charge in [0.2, 0.25) is 11.8 Å². The molecule has 0 bridgehead atoms. The summed E-state index contributed by atoms with van der Waals surface area (Å²) in [6.07, 6.45) is 2.09. The van der Waals surface area contributed by atoms with Crippen LogP contribution < -0.4 is 5.32 Å². The number of anilines is 1. The van der Waals surface area contributed by atoms with Crippen molar-refractivity contribution in [3.63, 3.8) is 0 Å². The van der Waals surface area contributed by atoms with Crippen LogP contribution in [0.4, 0.5) is 5.69 Å². The highest BCUT2D eigenvalue weighted by molar-refractivity contribution is 5.93. The highest BCUT2D eigenvalue weighted by Crippen LogP contribution is 2.21. The summed E-state index contributed by atoms with van der Waals surface area (Å²) in [5, 5.41) is 3.01. The van der Waals surface area contributed by atoms with Gasteiger partial charge in [-0.25, -0.2) is 0 Å². The van der Waals surface area contributed by atoms with Crippen molar-refractivity contribution in [3.8, 4) is 0 Å². The van der Waals surface area contributed by atoms with Crippen LogP contribution in [0, 0.1) is 5.92 Å². The molecule has 1 N–H and O–H groups in total. The van der Waals surface area contributed by atoms with Gasteiger partial charge in [-0.05, 0) is 42.0 Å². The Kier molecular flexibility index (Phi) is 6.28. The summed E-state index contributed by atoms with van der Waals surface area (Å²) in [7, 11) is 0. The molecule has 2 aromatic rings. The molecule has 4 heteroatoms. The molecule has 2 amide bonds. The molecule has 1 atom stereocenters. The van der Waals surface area contributed by atoms with E-state index in [1.807, 2.05) is 47.4 Å². The van der Waals surface area contributed by atoms with Crippen molar-refractivity contribution in [2.24, 2.45) is 5.92 Å². The molecule has 0 aliphatic carbocycles. The number of benzene rings is 2. The van der Waals surface area contributed by atoms with E-state index in [-0.39, 0.29) is 17.7 Å². The molecule has 142 valence electrons. The number of rotatable bonds is 5. The third-order valence-corrected chi connectivity index (χ3v) is 5.19. The zero-order chi connectivity index (χ0) is 19.2. The van der Waals surface area contributed by atoms with Crippen LogP contribution in [0.2, 0.25) is 0 Å². The first-order chi connectivity index (χ1) is 13.0. The van der Waals surface area contributed by atoms with Gasteiger partial charge in [0.15, 0.2) is 0 Å². The van der Waals surface area contributed by atoms with Gasteiger partial charge < -0.3 is 10.2 Å². The van der Waals surface area contributed by atoms with Crippen molar-refractivity contribution < 1.29 is 9.59 Å². The van der Waals surface area contributed by atoms with Gasteiger partial charge >= 0.3 is 0 Å². The van der Waals surface area contributed by atoms with E-state index in [2.05, 4.69) is 31.3 Å². The summed E-state index contributed by atoms with van der Waals surface area (Å²) in [4.78, 5) is 27.1. The number of hydrogen-bond donors (Lipinski definition) is 1. The topological polar surface area (TPSA) is 49.4 Å². The van der Waals surface area contributed by atoms with Crippen molar-refractivity contribution in [2.45, 2.75) is 39.0 Å². The van der Waals surface area contributed by atoms with Crippen molar-refractivity contribution in [2.75, 3.05) is 18.4 Å². The second-order valence-electron chi connectivity index (χ2n) is 7.61. The molecule has 1 aliphatic heterocycles. The molecule has 1 heterocycles. The molecule has 1 saturated heterocycles. The molecule has 2 aromatic carbocycles. The Hall–Kier alpha value is -2.62. The first-order valence-corrected chi connectivity index (χ1v) is 9.75. The average Bonchev–Trinajstić information content (AvgIpc) is 2.69. The molecule has 1 aliphatic rings. The van der Waals surface area contributed by atoms with Crippen LogP contribution in [0.15, 0.2) is 54.6 Å². The quantitative estimate of drug-likeness (QED) is 0.863. The summed E-state index contributed by atoms with van der Waals surface area (Å²) in [6, 6.07) is 17.8. The number of amides is 2. The largest absolute Gasteiger partial charge is 0.342 e. The van der Waals surface area contributed by atoms with E-state index >= 15 is 0 Å². The van der Waals surface area contributed by atoms with Crippen LogP contribution in [0.25, 0.3) is 0 Å². The van der Waals surface area contributed by atoms with Gasteiger partial charge in [-0.2, -0.15) is 0 Å². The number of carbonyl (C=O) groups excluding carboxylic acids is 2. The molecular formula is C23H28N2O2. The van der Waals surface area contributed by atoms with Crippen LogP contribution in [0.3, 0.4) is 0 Å². The highest BCUT2D eigenvalue weighted by Gasteiger charge is 2.28. The van der Waals surface area contributed by atoms with Crippen LogP contribution in [-0.4, -0.2) is 29.8 Å². The van der Waals surface area contributed by atoms with Crippen LogP contribution in [0.1, 0.15) is 43.7 Å². The van der Waals surface area contributed by atoms with Gasteiger partial charge in [0.25, 0.3) is 0 Å². The third-order valence-electron chi connectivity index (χ3n) is 5.19. The maximum Gasteiger partial charge on any atom is 0.229 e. The van der Waals surface area contributed by atoms with Gasteiger partial charge in [-0.1, -0.05) is 56.3 Å². The van der Waals surface area contributed by atoms with Crippen LogP contribution >= 0.6 is 0 Å². The zero-order valence-electron chi connectivity index (χ0n) is 16.2. The van der Waals surface area contributed by atoms with Gasteiger partial charge in [0, 0.05) is 18.8 Å². The lowest BCUT2D eigenvalue weighted by Crippen LogP contribution is -2.44. The predicted molar refractivity (Wildman–Crippen MR) is 109 cm³/mol. The van der Waals surface area contributed by atoms with Gasteiger partial charge in [-0.3, -0.25) is 9.59 Å². The highest BCUT2D eigenvalue weighted by atomic mass is 16.2. The fourth-order valence-electron chi connectivity index (χ4n) is 3.50. The average molecular weight is 364 g/mol. The van der Waals surface area contributed by atoms with Crippen molar-refractivity contribution in [1.29, 1.82) is 0 Å². The maximum atomic E-state index is 12.7. The lowest BCUT2D eigenvalue weighted by Gasteiger charge is -2.32. The van der Waals surface area contributed by atoms with E-state index in [0.717, 1.165) is 30.6 Å². The zero-order valence-corrected chi connectivity index (χ0v) is 16.2. The summed E-state index contributed by atoms with van der Waals surface area (Å²) >= 11 is 0.